The molecule has 0 bridgehead atoms. The Morgan fingerprint density at radius 1 is 1.31 bits per heavy atom. The minimum atomic E-state index is -0.762. The number of hydrogen-bond donors (Lipinski definition) is 1. The smallest absolute Gasteiger partial charge is 0.290 e. The summed E-state index contributed by atoms with van der Waals surface area (Å²) in [4.78, 5) is 27.4. The van der Waals surface area contributed by atoms with E-state index in [2.05, 4.69) is 0 Å². The molecule has 2 heterocycles. The van der Waals surface area contributed by atoms with Crippen LogP contribution in [0.25, 0.3) is 0 Å². The molecule has 1 amide bonds. The van der Waals surface area contributed by atoms with Gasteiger partial charge in [-0.3, -0.25) is 9.59 Å². The summed E-state index contributed by atoms with van der Waals surface area (Å²) in [7, 11) is 1.51. The van der Waals surface area contributed by atoms with E-state index < -0.39 is 17.7 Å². The van der Waals surface area contributed by atoms with Gasteiger partial charge >= 0.3 is 0 Å². The highest BCUT2D eigenvalue weighted by molar-refractivity contribution is 7.12. The maximum absolute atomic E-state index is 12.9. The minimum absolute atomic E-state index is 0.0342. The van der Waals surface area contributed by atoms with Crippen molar-refractivity contribution in [3.8, 4) is 0 Å². The molecule has 0 fully saturated rings. The summed E-state index contributed by atoms with van der Waals surface area (Å²) in [5.74, 6) is -1.55. The minimum Gasteiger partial charge on any atom is -0.503 e. The van der Waals surface area contributed by atoms with Gasteiger partial charge in [-0.2, -0.15) is 0 Å². The number of carbonyl (C=O) groups is 2. The van der Waals surface area contributed by atoms with Gasteiger partial charge < -0.3 is 14.7 Å². The van der Waals surface area contributed by atoms with Crippen molar-refractivity contribution < 1.29 is 19.4 Å². The maximum atomic E-state index is 12.9. The SMILES string of the molecule is COCCN1C(=O)C(O)=C(C(=O)c2cccs2)[C@@H]1c1ccc(Cl)c(Cl)c1. The number of hydrogen-bond acceptors (Lipinski definition) is 5. The zero-order valence-electron chi connectivity index (χ0n) is 13.7. The second kappa shape index (κ2) is 7.80. The molecule has 0 aliphatic carbocycles. The van der Waals surface area contributed by atoms with E-state index in [9.17, 15) is 14.7 Å². The van der Waals surface area contributed by atoms with Crippen LogP contribution in [0.4, 0.5) is 0 Å². The van der Waals surface area contributed by atoms with Gasteiger partial charge in [0.05, 0.1) is 33.1 Å². The summed E-state index contributed by atoms with van der Waals surface area (Å²) in [5.41, 5.74) is 0.625. The number of methoxy groups -OCH3 is 1. The van der Waals surface area contributed by atoms with E-state index in [1.807, 2.05) is 0 Å². The van der Waals surface area contributed by atoms with E-state index in [0.29, 0.717) is 20.5 Å². The fraction of sp³-hybridized carbons (Fsp3) is 0.222. The van der Waals surface area contributed by atoms with Gasteiger partial charge in [0.2, 0.25) is 5.78 Å². The Morgan fingerprint density at radius 2 is 2.08 bits per heavy atom. The van der Waals surface area contributed by atoms with Gasteiger partial charge in [0.15, 0.2) is 5.76 Å². The lowest BCUT2D eigenvalue weighted by atomic mass is 9.95. The van der Waals surface area contributed by atoms with Crippen LogP contribution in [0.2, 0.25) is 10.0 Å². The lowest BCUT2D eigenvalue weighted by Gasteiger charge is -2.26. The number of nitrogens with zero attached hydrogens (tertiary/aromatic N) is 1. The number of aliphatic hydroxyl groups excluding tert-OH is 1. The third-order valence-corrected chi connectivity index (χ3v) is 5.70. The van der Waals surface area contributed by atoms with Crippen LogP contribution in [0.5, 0.6) is 0 Å². The number of ether oxygens (including phenoxy) is 1. The number of Topliss-reactive ketones (excluding diaryl/α,β-unsaturated/α-hetero) is 1. The molecule has 1 aromatic carbocycles. The van der Waals surface area contributed by atoms with Gasteiger partial charge in [0.1, 0.15) is 0 Å². The Morgan fingerprint density at radius 3 is 2.69 bits per heavy atom. The van der Waals surface area contributed by atoms with E-state index in [4.69, 9.17) is 27.9 Å². The van der Waals surface area contributed by atoms with Crippen molar-refractivity contribution in [2.45, 2.75) is 6.04 Å². The second-order valence-electron chi connectivity index (χ2n) is 5.64. The summed E-state index contributed by atoms with van der Waals surface area (Å²) in [6, 6.07) is 7.52. The molecule has 1 N–H and O–H groups in total. The van der Waals surface area contributed by atoms with Crippen molar-refractivity contribution in [1.82, 2.24) is 4.90 Å². The van der Waals surface area contributed by atoms with Gasteiger partial charge in [-0.25, -0.2) is 0 Å². The van der Waals surface area contributed by atoms with Crippen molar-refractivity contribution >= 4 is 46.2 Å². The number of ketones is 1. The van der Waals surface area contributed by atoms with Crippen molar-refractivity contribution in [3.63, 3.8) is 0 Å². The Bertz CT molecular complexity index is 879. The fourth-order valence-corrected chi connectivity index (χ4v) is 3.86. The normalized spacial score (nSPS) is 17.3. The highest BCUT2D eigenvalue weighted by atomic mass is 35.5. The van der Waals surface area contributed by atoms with E-state index in [1.54, 1.807) is 35.7 Å². The average Bonchev–Trinajstić information content (AvgIpc) is 3.24. The summed E-state index contributed by atoms with van der Waals surface area (Å²) in [6.45, 7) is 0.475. The van der Waals surface area contributed by atoms with Gasteiger partial charge in [-0.1, -0.05) is 35.3 Å². The summed E-state index contributed by atoms with van der Waals surface area (Å²) < 4.78 is 5.06. The standard InChI is InChI=1S/C18H15Cl2NO4S/c1-25-7-6-21-15(10-4-5-11(19)12(20)9-10)14(17(23)18(21)24)16(22)13-3-2-8-26-13/h2-5,8-9,15,23H,6-7H2,1H3/t15-/m0/s1. The fourth-order valence-electron chi connectivity index (χ4n) is 2.88. The van der Waals surface area contributed by atoms with E-state index >= 15 is 0 Å². The summed E-state index contributed by atoms with van der Waals surface area (Å²) in [5, 5.41) is 12.9. The monoisotopic (exact) mass is 411 g/mol. The number of carbonyl (C=O) groups excluding carboxylic acids is 2. The molecule has 136 valence electrons. The zero-order chi connectivity index (χ0) is 18.8. The van der Waals surface area contributed by atoms with E-state index in [-0.39, 0.29) is 24.5 Å². The molecule has 26 heavy (non-hydrogen) atoms. The first-order valence-electron chi connectivity index (χ1n) is 7.72. The molecular formula is C18H15Cl2NO4S. The number of benzene rings is 1. The molecule has 1 aliphatic rings. The van der Waals surface area contributed by atoms with E-state index in [1.165, 1.54) is 23.3 Å². The number of rotatable bonds is 6. The molecule has 0 spiro atoms. The Kier molecular flexibility index (Phi) is 5.67. The lowest BCUT2D eigenvalue weighted by Crippen LogP contribution is -2.34. The summed E-state index contributed by atoms with van der Waals surface area (Å²) in [6.07, 6.45) is 0. The van der Waals surface area contributed by atoms with Gasteiger partial charge in [-0.05, 0) is 29.1 Å². The highest BCUT2D eigenvalue weighted by Gasteiger charge is 2.43. The van der Waals surface area contributed by atoms with Crippen LogP contribution in [0.1, 0.15) is 21.3 Å². The molecule has 1 aromatic heterocycles. The molecule has 8 heteroatoms. The highest BCUT2D eigenvalue weighted by Crippen LogP contribution is 2.40. The van der Waals surface area contributed by atoms with Crippen molar-refractivity contribution in [1.29, 1.82) is 0 Å². The molecule has 3 rings (SSSR count). The molecule has 5 nitrogen and oxygen atoms in total. The maximum Gasteiger partial charge on any atom is 0.290 e. The molecule has 2 aromatic rings. The number of amides is 1. The van der Waals surface area contributed by atoms with Gasteiger partial charge in [-0.15, -0.1) is 11.3 Å². The molecule has 0 saturated heterocycles. The lowest BCUT2D eigenvalue weighted by molar-refractivity contribution is -0.130. The van der Waals surface area contributed by atoms with Crippen LogP contribution in [-0.4, -0.2) is 42.0 Å². The predicted molar refractivity (Wildman–Crippen MR) is 101 cm³/mol. The van der Waals surface area contributed by atoms with Crippen LogP contribution in [0, 0.1) is 0 Å². The van der Waals surface area contributed by atoms with Gasteiger partial charge in [0, 0.05) is 13.7 Å². The van der Waals surface area contributed by atoms with Gasteiger partial charge in [0.25, 0.3) is 5.91 Å². The third-order valence-electron chi connectivity index (χ3n) is 4.09. The molecule has 1 aliphatic heterocycles. The first-order valence-corrected chi connectivity index (χ1v) is 9.35. The molecule has 0 unspecified atom stereocenters. The van der Waals surface area contributed by atoms with Crippen LogP contribution >= 0.6 is 34.5 Å². The number of aliphatic hydroxyl groups is 1. The predicted octanol–water partition coefficient (Wildman–Crippen LogP) is 4.28. The van der Waals surface area contributed by atoms with E-state index in [0.717, 1.165) is 0 Å². The van der Waals surface area contributed by atoms with Crippen molar-refractivity contribution in [3.05, 3.63) is 67.5 Å². The van der Waals surface area contributed by atoms with Crippen LogP contribution in [-0.2, 0) is 9.53 Å². The van der Waals surface area contributed by atoms with Crippen LogP contribution in [0.3, 0.4) is 0 Å². The summed E-state index contributed by atoms with van der Waals surface area (Å²) >= 11 is 13.4. The van der Waals surface area contributed by atoms with Crippen molar-refractivity contribution in [2.24, 2.45) is 0 Å². The Labute approximate surface area is 164 Å². The Hall–Kier alpha value is -1.86. The first-order chi connectivity index (χ1) is 12.5. The third kappa shape index (κ3) is 3.38. The molecule has 0 saturated carbocycles. The molecule has 1 atom stereocenters. The first kappa shape index (κ1) is 18.9. The molecular weight excluding hydrogens is 397 g/mol. The quantitative estimate of drug-likeness (QED) is 0.720. The number of halogens is 2. The zero-order valence-corrected chi connectivity index (χ0v) is 16.1. The topological polar surface area (TPSA) is 66.8 Å². The van der Waals surface area contributed by atoms with Crippen LogP contribution in [0.15, 0.2) is 47.0 Å². The van der Waals surface area contributed by atoms with Crippen molar-refractivity contribution in [2.75, 3.05) is 20.3 Å². The van der Waals surface area contributed by atoms with Crippen LogP contribution < -0.4 is 0 Å². The average molecular weight is 412 g/mol. The second-order valence-corrected chi connectivity index (χ2v) is 7.40. The molecule has 0 radical (unpaired) electrons. The Balaban J connectivity index is 2.10. The largest absolute Gasteiger partial charge is 0.503 e. The number of thiophene rings is 1.